The van der Waals surface area contributed by atoms with E-state index in [2.05, 4.69) is 10.6 Å². The second-order valence-electron chi connectivity index (χ2n) is 4.78. The summed E-state index contributed by atoms with van der Waals surface area (Å²) in [5, 5.41) is 16.9. The summed E-state index contributed by atoms with van der Waals surface area (Å²) in [6.45, 7) is 3.93. The van der Waals surface area contributed by atoms with Crippen molar-refractivity contribution in [1.29, 1.82) is 0 Å². The first-order chi connectivity index (χ1) is 9.58. The zero-order chi connectivity index (χ0) is 14.5. The summed E-state index contributed by atoms with van der Waals surface area (Å²) in [6, 6.07) is 4.54. The van der Waals surface area contributed by atoms with E-state index in [0.29, 0.717) is 6.54 Å². The van der Waals surface area contributed by atoms with Crippen LogP contribution in [0.15, 0.2) is 29.8 Å². The van der Waals surface area contributed by atoms with Gasteiger partial charge in [-0.15, -0.1) is 12.4 Å². The molecule has 0 radical (unpaired) electrons. The molecule has 1 aromatic carbocycles. The van der Waals surface area contributed by atoms with Crippen molar-refractivity contribution in [2.45, 2.75) is 13.3 Å². The van der Waals surface area contributed by atoms with Crippen LogP contribution in [-0.4, -0.2) is 30.5 Å². The fourth-order valence-corrected chi connectivity index (χ4v) is 2.11. The van der Waals surface area contributed by atoms with Crippen molar-refractivity contribution in [3.63, 3.8) is 0 Å². The van der Waals surface area contributed by atoms with E-state index in [0.717, 1.165) is 30.6 Å². The molecule has 2 N–H and O–H groups in total. The van der Waals surface area contributed by atoms with Crippen molar-refractivity contribution < 1.29 is 9.72 Å². The summed E-state index contributed by atoms with van der Waals surface area (Å²) in [5.74, 6) is -0.403. The number of hydrogen-bond acceptors (Lipinski definition) is 4. The van der Waals surface area contributed by atoms with Crippen molar-refractivity contribution in [1.82, 2.24) is 10.6 Å². The van der Waals surface area contributed by atoms with Crippen molar-refractivity contribution >= 4 is 24.0 Å². The molecule has 2 rings (SSSR count). The Hall–Kier alpha value is -1.92. The van der Waals surface area contributed by atoms with Gasteiger partial charge in [0.2, 0.25) is 0 Å². The van der Waals surface area contributed by atoms with Crippen molar-refractivity contribution in [2.24, 2.45) is 0 Å². The monoisotopic (exact) mass is 311 g/mol. The molecule has 0 spiro atoms. The molecule has 0 bridgehead atoms. The number of carbonyl (C=O) groups is 1. The summed E-state index contributed by atoms with van der Waals surface area (Å²) in [7, 11) is 0. The van der Waals surface area contributed by atoms with Gasteiger partial charge in [0.15, 0.2) is 0 Å². The van der Waals surface area contributed by atoms with E-state index in [9.17, 15) is 14.9 Å². The van der Waals surface area contributed by atoms with E-state index in [1.807, 2.05) is 6.08 Å². The van der Waals surface area contributed by atoms with Crippen molar-refractivity contribution in [3.05, 3.63) is 51.1 Å². The first kappa shape index (κ1) is 17.1. The van der Waals surface area contributed by atoms with Crippen LogP contribution in [0.5, 0.6) is 0 Å². The molecular weight excluding hydrogens is 294 g/mol. The molecule has 21 heavy (non-hydrogen) atoms. The summed E-state index contributed by atoms with van der Waals surface area (Å²) >= 11 is 0. The van der Waals surface area contributed by atoms with Crippen LogP contribution in [0.1, 0.15) is 22.3 Å². The number of amides is 1. The molecule has 1 amide bonds. The average Bonchev–Trinajstić information content (AvgIpc) is 2.45. The molecule has 0 saturated carbocycles. The lowest BCUT2D eigenvalue weighted by Crippen LogP contribution is -2.30. The van der Waals surface area contributed by atoms with E-state index in [1.165, 1.54) is 6.07 Å². The number of hydrogen-bond donors (Lipinski definition) is 2. The van der Waals surface area contributed by atoms with Crippen molar-refractivity contribution in [2.75, 3.05) is 19.6 Å². The highest BCUT2D eigenvalue weighted by Crippen LogP contribution is 2.19. The van der Waals surface area contributed by atoms with Gasteiger partial charge in [0, 0.05) is 19.2 Å². The Kier molecular flexibility index (Phi) is 6.33. The predicted molar refractivity (Wildman–Crippen MR) is 83.0 cm³/mol. The Labute approximate surface area is 129 Å². The standard InChI is InChI=1S/C14H17N3O3.ClH/c1-10-2-3-13(17(19)20)12(8-10)14(18)16-9-11-4-6-15-7-5-11;/h2-4,8,15H,5-7,9H2,1H3,(H,16,18);1H. The van der Waals surface area contributed by atoms with Crippen LogP contribution >= 0.6 is 12.4 Å². The van der Waals surface area contributed by atoms with Gasteiger partial charge in [0.05, 0.1) is 4.92 Å². The highest BCUT2D eigenvalue weighted by atomic mass is 35.5. The van der Waals surface area contributed by atoms with Crippen LogP contribution in [0, 0.1) is 17.0 Å². The third-order valence-electron chi connectivity index (χ3n) is 3.23. The first-order valence-electron chi connectivity index (χ1n) is 6.50. The Morgan fingerprint density at radius 1 is 1.48 bits per heavy atom. The maximum atomic E-state index is 12.1. The number of nitrogens with zero attached hydrogens (tertiary/aromatic N) is 1. The lowest BCUT2D eigenvalue weighted by atomic mass is 10.1. The quantitative estimate of drug-likeness (QED) is 0.506. The van der Waals surface area contributed by atoms with Crippen LogP contribution in [-0.2, 0) is 0 Å². The molecule has 0 fully saturated rings. The van der Waals surface area contributed by atoms with Gasteiger partial charge >= 0.3 is 0 Å². The average molecular weight is 312 g/mol. The number of nitro benzene ring substituents is 1. The van der Waals surface area contributed by atoms with Crippen LogP contribution in [0.2, 0.25) is 0 Å². The molecule has 1 aromatic rings. The third kappa shape index (κ3) is 4.54. The largest absolute Gasteiger partial charge is 0.348 e. The van der Waals surface area contributed by atoms with Crippen LogP contribution in [0.4, 0.5) is 5.69 Å². The second kappa shape index (κ2) is 7.75. The van der Waals surface area contributed by atoms with E-state index < -0.39 is 10.8 Å². The summed E-state index contributed by atoms with van der Waals surface area (Å²) in [6.07, 6.45) is 2.92. The SMILES string of the molecule is Cc1ccc([N+](=O)[O-])c(C(=O)NCC2=CCNCC2)c1.Cl. The van der Waals surface area contributed by atoms with Gasteiger partial charge in [-0.2, -0.15) is 0 Å². The predicted octanol–water partition coefficient (Wildman–Crippen LogP) is 1.97. The number of carbonyl (C=O) groups excluding carboxylic acids is 1. The van der Waals surface area contributed by atoms with E-state index in [-0.39, 0.29) is 23.7 Å². The van der Waals surface area contributed by atoms with Crippen LogP contribution in [0.3, 0.4) is 0 Å². The third-order valence-corrected chi connectivity index (χ3v) is 3.23. The maximum Gasteiger partial charge on any atom is 0.282 e. The van der Waals surface area contributed by atoms with Gasteiger partial charge in [-0.1, -0.05) is 17.7 Å². The van der Waals surface area contributed by atoms with Crippen LogP contribution < -0.4 is 10.6 Å². The molecular formula is C14H18ClN3O3. The molecule has 0 saturated heterocycles. The summed E-state index contributed by atoms with van der Waals surface area (Å²) in [4.78, 5) is 22.5. The molecule has 1 heterocycles. The smallest absolute Gasteiger partial charge is 0.282 e. The molecule has 0 unspecified atom stereocenters. The highest BCUT2D eigenvalue weighted by Gasteiger charge is 2.20. The Morgan fingerprint density at radius 3 is 2.86 bits per heavy atom. The number of nitro groups is 1. The fraction of sp³-hybridized carbons (Fsp3) is 0.357. The minimum absolute atomic E-state index is 0. The number of rotatable bonds is 4. The number of aryl methyl sites for hydroxylation is 1. The van der Waals surface area contributed by atoms with Gasteiger partial charge in [-0.3, -0.25) is 14.9 Å². The second-order valence-corrected chi connectivity index (χ2v) is 4.78. The topological polar surface area (TPSA) is 84.3 Å². The van der Waals surface area contributed by atoms with Crippen LogP contribution in [0.25, 0.3) is 0 Å². The minimum Gasteiger partial charge on any atom is -0.348 e. The zero-order valence-corrected chi connectivity index (χ0v) is 12.5. The molecule has 114 valence electrons. The number of nitrogens with one attached hydrogen (secondary N) is 2. The molecule has 6 nitrogen and oxygen atoms in total. The minimum atomic E-state index is -0.530. The molecule has 0 aromatic heterocycles. The van der Waals surface area contributed by atoms with E-state index in [1.54, 1.807) is 19.1 Å². The molecule has 7 heteroatoms. The first-order valence-corrected chi connectivity index (χ1v) is 6.50. The Bertz CT molecular complexity index is 573. The number of halogens is 1. The highest BCUT2D eigenvalue weighted by molar-refractivity contribution is 5.98. The normalized spacial score (nSPS) is 13.9. The van der Waals surface area contributed by atoms with Gasteiger partial charge in [0.25, 0.3) is 11.6 Å². The van der Waals surface area contributed by atoms with Gasteiger partial charge in [-0.05, 0) is 31.5 Å². The summed E-state index contributed by atoms with van der Waals surface area (Å²) in [5.41, 5.74) is 1.92. The summed E-state index contributed by atoms with van der Waals surface area (Å²) < 4.78 is 0. The molecule has 1 aliphatic rings. The van der Waals surface area contributed by atoms with Gasteiger partial charge < -0.3 is 10.6 Å². The van der Waals surface area contributed by atoms with Gasteiger partial charge in [-0.25, -0.2) is 0 Å². The fourth-order valence-electron chi connectivity index (χ4n) is 2.11. The van der Waals surface area contributed by atoms with Gasteiger partial charge in [0.1, 0.15) is 5.56 Å². The Balaban J connectivity index is 0.00000220. The van der Waals surface area contributed by atoms with Crippen molar-refractivity contribution in [3.8, 4) is 0 Å². The van der Waals surface area contributed by atoms with E-state index >= 15 is 0 Å². The Morgan fingerprint density at radius 2 is 2.24 bits per heavy atom. The lowest BCUT2D eigenvalue weighted by Gasteiger charge is -2.14. The lowest BCUT2D eigenvalue weighted by molar-refractivity contribution is -0.385. The zero-order valence-electron chi connectivity index (χ0n) is 11.7. The number of benzene rings is 1. The van der Waals surface area contributed by atoms with E-state index in [4.69, 9.17) is 0 Å². The molecule has 1 aliphatic heterocycles. The maximum absolute atomic E-state index is 12.1. The molecule has 0 atom stereocenters. The molecule has 0 aliphatic carbocycles.